The van der Waals surface area contributed by atoms with Crippen LogP contribution in [0.1, 0.15) is 73.9 Å². The van der Waals surface area contributed by atoms with Gasteiger partial charge >= 0.3 is 11.9 Å². The second kappa shape index (κ2) is 16.1. The molecule has 1 fully saturated rings. The van der Waals surface area contributed by atoms with Gasteiger partial charge in [-0.25, -0.2) is 4.39 Å². The number of hydrogen-bond acceptors (Lipinski definition) is 9. The number of aryl methyl sites for hydroxylation is 2. The number of rotatable bonds is 16. The summed E-state index contributed by atoms with van der Waals surface area (Å²) in [7, 11) is 0. The maximum absolute atomic E-state index is 13.7. The Morgan fingerprint density at radius 3 is 2.09 bits per heavy atom. The number of hydrogen-bond donors (Lipinski definition) is 4. The normalized spacial score (nSPS) is 18.0. The third-order valence-electron chi connectivity index (χ3n) is 8.45. The Kier molecular flexibility index (Phi) is 12.2. The van der Waals surface area contributed by atoms with Crippen molar-refractivity contribution >= 4 is 23.5 Å². The lowest BCUT2D eigenvalue weighted by atomic mass is 9.78. The standard InChI is InChI=1S/C36H42FNO9/c1-23(40)46-22-36(45,21-39)20-19-26-3-8-28(9-4-26)34-31(16-17-32(47-24(2)41)27-10-12-29(37)13-11-27)35(44)38(34)30-14-5-25(6-15-30)7-18-33(42)43/h3-6,8-15,31-34,39,42-43,45H,7,16-22H2,1-2H3/t31-,32+,34-,36?/m1/s1. The van der Waals surface area contributed by atoms with Crippen LogP contribution in [0, 0.1) is 11.7 Å². The second-order valence-corrected chi connectivity index (χ2v) is 12.1. The molecule has 4 N–H and O–H groups in total. The molecule has 252 valence electrons. The van der Waals surface area contributed by atoms with Gasteiger partial charge in [0.1, 0.15) is 24.1 Å². The van der Waals surface area contributed by atoms with Crippen molar-refractivity contribution in [3.05, 3.63) is 101 Å². The quantitative estimate of drug-likeness (QED) is 0.102. The van der Waals surface area contributed by atoms with E-state index in [0.29, 0.717) is 36.9 Å². The van der Waals surface area contributed by atoms with E-state index in [0.717, 1.165) is 16.7 Å². The van der Waals surface area contributed by atoms with Crippen LogP contribution in [0.5, 0.6) is 0 Å². The first-order valence-corrected chi connectivity index (χ1v) is 15.7. The Bertz CT molecular complexity index is 1490. The zero-order valence-corrected chi connectivity index (χ0v) is 26.5. The Hall–Kier alpha value is -4.16. The van der Waals surface area contributed by atoms with E-state index in [1.54, 1.807) is 17.0 Å². The summed E-state index contributed by atoms with van der Waals surface area (Å²) in [6.45, 7) is 1.66. The van der Waals surface area contributed by atoms with Gasteiger partial charge in [-0.2, -0.15) is 0 Å². The van der Waals surface area contributed by atoms with Crippen LogP contribution in [0.25, 0.3) is 0 Å². The van der Waals surface area contributed by atoms with E-state index in [1.807, 2.05) is 48.5 Å². The Morgan fingerprint density at radius 1 is 0.894 bits per heavy atom. The number of β-lactam (4-membered cyclic amide) rings is 1. The van der Waals surface area contributed by atoms with Gasteiger partial charge in [0.15, 0.2) is 6.29 Å². The number of ether oxygens (including phenoxy) is 2. The highest BCUT2D eigenvalue weighted by atomic mass is 19.1. The van der Waals surface area contributed by atoms with E-state index in [1.165, 1.54) is 26.0 Å². The molecule has 1 aliphatic heterocycles. The number of nitrogens with zero attached hydrogens (tertiary/aromatic N) is 1. The van der Waals surface area contributed by atoms with E-state index in [2.05, 4.69) is 0 Å². The van der Waals surface area contributed by atoms with Crippen molar-refractivity contribution in [2.24, 2.45) is 5.92 Å². The van der Waals surface area contributed by atoms with Crippen molar-refractivity contribution in [1.29, 1.82) is 0 Å². The molecule has 1 unspecified atom stereocenters. The Labute approximate surface area is 273 Å². The van der Waals surface area contributed by atoms with Crippen molar-refractivity contribution in [2.75, 3.05) is 18.1 Å². The molecule has 1 amide bonds. The van der Waals surface area contributed by atoms with E-state index in [-0.39, 0.29) is 31.4 Å². The number of carbonyl (C=O) groups excluding carboxylic acids is 3. The number of anilines is 1. The van der Waals surface area contributed by atoms with Crippen LogP contribution in [-0.4, -0.2) is 63.4 Å². The fourth-order valence-electron chi connectivity index (χ4n) is 5.81. The smallest absolute Gasteiger partial charge is 0.303 e. The summed E-state index contributed by atoms with van der Waals surface area (Å²) in [5, 5.41) is 38.7. The first-order valence-electron chi connectivity index (χ1n) is 15.7. The van der Waals surface area contributed by atoms with Gasteiger partial charge in [-0.05, 0) is 78.6 Å². The SMILES string of the molecule is CC(=O)OCC(O)(CO)CCc1ccc([C@@H]2[C@@H](CC[C@H](OC(C)=O)c3ccc(F)cc3)C(=O)N2c2ccc(CCC(O)O)cc2)cc1. The lowest BCUT2D eigenvalue weighted by Crippen LogP contribution is -2.55. The van der Waals surface area contributed by atoms with Crippen LogP contribution in [0.4, 0.5) is 10.1 Å². The third kappa shape index (κ3) is 9.68. The summed E-state index contributed by atoms with van der Waals surface area (Å²) in [5.41, 5.74) is 2.38. The zero-order chi connectivity index (χ0) is 34.1. The molecule has 0 aliphatic carbocycles. The minimum Gasteiger partial charge on any atom is -0.463 e. The molecule has 0 bridgehead atoms. The molecule has 0 saturated carbocycles. The molecule has 11 heteroatoms. The van der Waals surface area contributed by atoms with Gasteiger partial charge in [0.25, 0.3) is 0 Å². The summed E-state index contributed by atoms with van der Waals surface area (Å²) in [6.07, 6.45) is -0.109. The lowest BCUT2D eigenvalue weighted by molar-refractivity contribution is -0.152. The van der Waals surface area contributed by atoms with Crippen LogP contribution < -0.4 is 4.90 Å². The number of esters is 2. The molecular weight excluding hydrogens is 609 g/mol. The number of halogens is 1. The monoisotopic (exact) mass is 651 g/mol. The molecule has 0 spiro atoms. The summed E-state index contributed by atoms with van der Waals surface area (Å²) in [6, 6.07) is 20.3. The lowest BCUT2D eigenvalue weighted by Gasteiger charge is -2.48. The van der Waals surface area contributed by atoms with Crippen LogP contribution in [0.3, 0.4) is 0 Å². The fraction of sp³-hybridized carbons (Fsp3) is 0.417. The Balaban J connectivity index is 1.55. The van der Waals surface area contributed by atoms with Crippen molar-refractivity contribution in [3.63, 3.8) is 0 Å². The third-order valence-corrected chi connectivity index (χ3v) is 8.45. The predicted octanol–water partition coefficient (Wildman–Crippen LogP) is 4.08. The highest BCUT2D eigenvalue weighted by Crippen LogP contribution is 2.46. The molecule has 3 aromatic carbocycles. The van der Waals surface area contributed by atoms with Gasteiger partial charge in [-0.1, -0.05) is 48.5 Å². The van der Waals surface area contributed by atoms with Gasteiger partial charge in [-0.3, -0.25) is 14.4 Å². The largest absolute Gasteiger partial charge is 0.463 e. The number of amides is 1. The summed E-state index contributed by atoms with van der Waals surface area (Å²) >= 11 is 0. The van der Waals surface area contributed by atoms with Crippen LogP contribution >= 0.6 is 0 Å². The van der Waals surface area contributed by atoms with Gasteiger partial charge in [0.2, 0.25) is 5.91 Å². The average molecular weight is 652 g/mol. The minimum atomic E-state index is -1.57. The molecule has 1 heterocycles. The summed E-state index contributed by atoms with van der Waals surface area (Å²) < 4.78 is 24.0. The van der Waals surface area contributed by atoms with Gasteiger partial charge in [-0.15, -0.1) is 0 Å². The van der Waals surface area contributed by atoms with E-state index in [9.17, 15) is 39.2 Å². The maximum atomic E-state index is 13.7. The van der Waals surface area contributed by atoms with Crippen LogP contribution in [0.2, 0.25) is 0 Å². The fourth-order valence-corrected chi connectivity index (χ4v) is 5.81. The minimum absolute atomic E-state index is 0.100. The number of aliphatic hydroxyl groups is 4. The molecule has 0 radical (unpaired) electrons. The Morgan fingerprint density at radius 2 is 1.51 bits per heavy atom. The number of aliphatic hydroxyl groups excluding tert-OH is 2. The predicted molar refractivity (Wildman–Crippen MR) is 170 cm³/mol. The topological polar surface area (TPSA) is 154 Å². The molecule has 1 saturated heterocycles. The van der Waals surface area contributed by atoms with Crippen LogP contribution in [0.15, 0.2) is 72.8 Å². The molecule has 10 nitrogen and oxygen atoms in total. The van der Waals surface area contributed by atoms with E-state index < -0.39 is 48.3 Å². The maximum Gasteiger partial charge on any atom is 0.303 e. The zero-order valence-electron chi connectivity index (χ0n) is 26.5. The summed E-state index contributed by atoms with van der Waals surface area (Å²) in [4.78, 5) is 38.5. The van der Waals surface area contributed by atoms with E-state index >= 15 is 0 Å². The summed E-state index contributed by atoms with van der Waals surface area (Å²) in [5.74, 6) is -1.98. The first kappa shape index (κ1) is 35.7. The molecule has 4 atom stereocenters. The molecule has 4 rings (SSSR count). The van der Waals surface area contributed by atoms with E-state index in [4.69, 9.17) is 9.47 Å². The first-order chi connectivity index (χ1) is 22.4. The molecule has 47 heavy (non-hydrogen) atoms. The highest BCUT2D eigenvalue weighted by Gasteiger charge is 2.48. The molecule has 3 aromatic rings. The molecule has 1 aliphatic rings. The van der Waals surface area contributed by atoms with Crippen molar-refractivity contribution in [3.8, 4) is 0 Å². The van der Waals surface area contributed by atoms with Gasteiger partial charge in [0.05, 0.1) is 18.6 Å². The average Bonchev–Trinajstić information content (AvgIpc) is 3.05. The number of benzene rings is 3. The molecular formula is C36H42FNO9. The second-order valence-electron chi connectivity index (χ2n) is 12.1. The van der Waals surface area contributed by atoms with Crippen LogP contribution in [-0.2, 0) is 36.7 Å². The molecule has 0 aromatic heterocycles. The van der Waals surface area contributed by atoms with Crippen molar-refractivity contribution in [1.82, 2.24) is 0 Å². The number of carbonyl (C=O) groups is 3. The van der Waals surface area contributed by atoms with Crippen molar-refractivity contribution in [2.45, 2.75) is 76.4 Å². The van der Waals surface area contributed by atoms with Gasteiger partial charge in [0, 0.05) is 26.0 Å². The highest BCUT2D eigenvalue weighted by molar-refractivity contribution is 6.03. The van der Waals surface area contributed by atoms with Crippen molar-refractivity contribution < 1.29 is 48.7 Å². The van der Waals surface area contributed by atoms with Gasteiger partial charge < -0.3 is 34.8 Å².